The molecule has 148 valence electrons. The fraction of sp³-hybridized carbons (Fsp3) is 0.389. The van der Waals surface area contributed by atoms with E-state index in [9.17, 15) is 17.6 Å². The lowest BCUT2D eigenvalue weighted by atomic mass is 10.1. The van der Waals surface area contributed by atoms with E-state index in [0.29, 0.717) is 0 Å². The fourth-order valence-corrected chi connectivity index (χ4v) is 4.42. The summed E-state index contributed by atoms with van der Waals surface area (Å²) in [6.07, 6.45) is 1.63. The molecule has 9 heteroatoms. The van der Waals surface area contributed by atoms with E-state index in [2.05, 4.69) is 5.32 Å². The van der Waals surface area contributed by atoms with Crippen LogP contribution in [0.25, 0.3) is 0 Å². The molecule has 0 aliphatic rings. The average molecular weight is 414 g/mol. The lowest BCUT2D eigenvalue weighted by molar-refractivity contribution is -0.120. The zero-order valence-corrected chi connectivity index (χ0v) is 17.2. The van der Waals surface area contributed by atoms with E-state index in [1.54, 1.807) is 11.3 Å². The molecule has 1 atom stereocenters. The second-order valence-electron chi connectivity index (χ2n) is 6.20. The normalized spacial score (nSPS) is 12.8. The van der Waals surface area contributed by atoms with Crippen molar-refractivity contribution in [1.82, 2.24) is 9.62 Å². The summed E-state index contributed by atoms with van der Waals surface area (Å²) in [5.41, 5.74) is 0.225. The first-order valence-electron chi connectivity index (χ1n) is 8.54. The molecule has 1 aromatic heterocycles. The standard InChI is InChI=1S/C18H24FN3O3S2/c1-4-6-16(17-7-5-12-26-17)20-18(23)13-22(27(24,25)21(2)3)15-10-8-14(19)9-11-15/h5,7-12,16H,4,6,13H2,1-3H3,(H,20,23). The summed E-state index contributed by atoms with van der Waals surface area (Å²) in [6.45, 7) is 1.63. The minimum Gasteiger partial charge on any atom is -0.347 e. The van der Waals surface area contributed by atoms with Gasteiger partial charge in [0.1, 0.15) is 12.4 Å². The molecule has 0 aliphatic heterocycles. The number of carbonyl (C=O) groups excluding carboxylic acids is 1. The van der Waals surface area contributed by atoms with Gasteiger partial charge in [-0.25, -0.2) is 8.70 Å². The Morgan fingerprint density at radius 3 is 2.41 bits per heavy atom. The quantitative estimate of drug-likeness (QED) is 0.687. The number of carbonyl (C=O) groups is 1. The minimum atomic E-state index is -3.92. The van der Waals surface area contributed by atoms with Crippen molar-refractivity contribution in [3.63, 3.8) is 0 Å². The van der Waals surface area contributed by atoms with Crippen LogP contribution in [-0.4, -0.2) is 39.3 Å². The number of benzene rings is 1. The molecule has 0 radical (unpaired) electrons. The van der Waals surface area contributed by atoms with E-state index >= 15 is 0 Å². The first-order chi connectivity index (χ1) is 12.8. The van der Waals surface area contributed by atoms with Crippen LogP contribution >= 0.6 is 11.3 Å². The number of hydrogen-bond acceptors (Lipinski definition) is 4. The second kappa shape index (κ2) is 9.29. The van der Waals surface area contributed by atoms with Crippen LogP contribution in [0.3, 0.4) is 0 Å². The van der Waals surface area contributed by atoms with Crippen LogP contribution in [0.15, 0.2) is 41.8 Å². The van der Waals surface area contributed by atoms with Gasteiger partial charge in [-0.2, -0.15) is 12.7 Å². The number of amides is 1. The number of nitrogens with one attached hydrogen (secondary N) is 1. The van der Waals surface area contributed by atoms with Crippen LogP contribution < -0.4 is 9.62 Å². The summed E-state index contributed by atoms with van der Waals surface area (Å²) in [4.78, 5) is 13.7. The summed E-state index contributed by atoms with van der Waals surface area (Å²) in [5.74, 6) is -0.900. The zero-order chi connectivity index (χ0) is 20.0. The SMILES string of the molecule is CCCC(NC(=O)CN(c1ccc(F)cc1)S(=O)(=O)N(C)C)c1cccs1. The monoisotopic (exact) mass is 413 g/mol. The Labute approximate surface area is 163 Å². The molecule has 1 aromatic carbocycles. The smallest absolute Gasteiger partial charge is 0.304 e. The van der Waals surface area contributed by atoms with Crippen LogP contribution in [0.1, 0.15) is 30.7 Å². The molecule has 6 nitrogen and oxygen atoms in total. The van der Waals surface area contributed by atoms with E-state index in [-0.39, 0.29) is 11.7 Å². The molecule has 1 N–H and O–H groups in total. The molecule has 0 spiro atoms. The largest absolute Gasteiger partial charge is 0.347 e. The zero-order valence-electron chi connectivity index (χ0n) is 15.6. The number of thiophene rings is 1. The van der Waals surface area contributed by atoms with Gasteiger partial charge in [0.2, 0.25) is 5.91 Å². The van der Waals surface area contributed by atoms with E-state index in [0.717, 1.165) is 38.5 Å². The topological polar surface area (TPSA) is 69.7 Å². The van der Waals surface area contributed by atoms with Gasteiger partial charge in [0.15, 0.2) is 0 Å². The third-order valence-corrected chi connectivity index (χ3v) is 6.75. The van der Waals surface area contributed by atoms with Gasteiger partial charge in [0.25, 0.3) is 0 Å². The van der Waals surface area contributed by atoms with Gasteiger partial charge in [0, 0.05) is 19.0 Å². The van der Waals surface area contributed by atoms with Crippen molar-refractivity contribution in [3.05, 3.63) is 52.5 Å². The van der Waals surface area contributed by atoms with Gasteiger partial charge in [-0.1, -0.05) is 19.4 Å². The molecule has 0 fully saturated rings. The van der Waals surface area contributed by atoms with E-state index in [4.69, 9.17) is 0 Å². The predicted molar refractivity (Wildman–Crippen MR) is 106 cm³/mol. The Balaban J connectivity index is 2.23. The summed E-state index contributed by atoms with van der Waals surface area (Å²) < 4.78 is 40.6. The Kier molecular flexibility index (Phi) is 7.34. The Bertz CT molecular complexity index is 837. The maximum atomic E-state index is 13.2. The van der Waals surface area contributed by atoms with Crippen LogP contribution in [0, 0.1) is 5.82 Å². The maximum absolute atomic E-state index is 13.2. The van der Waals surface area contributed by atoms with Crippen LogP contribution in [-0.2, 0) is 15.0 Å². The van der Waals surface area contributed by atoms with Gasteiger partial charge in [0.05, 0.1) is 11.7 Å². The third kappa shape index (κ3) is 5.50. The van der Waals surface area contributed by atoms with Crippen molar-refractivity contribution < 1.29 is 17.6 Å². The third-order valence-electron chi connectivity index (χ3n) is 3.94. The number of halogens is 1. The van der Waals surface area contributed by atoms with Crippen LogP contribution in [0.4, 0.5) is 10.1 Å². The molecule has 1 amide bonds. The van der Waals surface area contributed by atoms with Gasteiger partial charge < -0.3 is 5.32 Å². The molecular formula is C18H24FN3O3S2. The van der Waals surface area contributed by atoms with Gasteiger partial charge in [-0.3, -0.25) is 4.79 Å². The minimum absolute atomic E-state index is 0.167. The Morgan fingerprint density at radius 2 is 1.89 bits per heavy atom. The van der Waals surface area contributed by atoms with Gasteiger partial charge >= 0.3 is 10.2 Å². The maximum Gasteiger partial charge on any atom is 0.304 e. The fourth-order valence-electron chi connectivity index (χ4n) is 2.54. The van der Waals surface area contributed by atoms with Crippen molar-refractivity contribution in [3.8, 4) is 0 Å². The molecule has 0 bridgehead atoms. The van der Waals surface area contributed by atoms with Crippen LogP contribution in [0.5, 0.6) is 0 Å². The highest BCUT2D eigenvalue weighted by Gasteiger charge is 2.28. The lowest BCUT2D eigenvalue weighted by Crippen LogP contribution is -2.46. The van der Waals surface area contributed by atoms with Crippen molar-refractivity contribution in [2.24, 2.45) is 0 Å². The van der Waals surface area contributed by atoms with Gasteiger partial charge in [-0.05, 0) is 42.1 Å². The van der Waals surface area contributed by atoms with Crippen LogP contribution in [0.2, 0.25) is 0 Å². The lowest BCUT2D eigenvalue weighted by Gasteiger charge is -2.27. The summed E-state index contributed by atoms with van der Waals surface area (Å²) >= 11 is 1.54. The number of rotatable bonds is 9. The molecule has 0 saturated carbocycles. The number of anilines is 1. The molecule has 0 aliphatic carbocycles. The summed E-state index contributed by atoms with van der Waals surface area (Å²) in [7, 11) is -1.15. The van der Waals surface area contributed by atoms with E-state index < -0.39 is 28.5 Å². The molecular weight excluding hydrogens is 389 g/mol. The molecule has 1 unspecified atom stereocenters. The van der Waals surface area contributed by atoms with Crippen molar-refractivity contribution in [2.45, 2.75) is 25.8 Å². The van der Waals surface area contributed by atoms with Crippen molar-refractivity contribution in [2.75, 3.05) is 24.9 Å². The Hall–Kier alpha value is -1.97. The molecule has 27 heavy (non-hydrogen) atoms. The van der Waals surface area contributed by atoms with E-state index in [1.807, 2.05) is 24.4 Å². The number of hydrogen-bond donors (Lipinski definition) is 1. The predicted octanol–water partition coefficient (Wildman–Crippen LogP) is 3.16. The molecule has 2 aromatic rings. The van der Waals surface area contributed by atoms with Crippen molar-refractivity contribution >= 4 is 33.1 Å². The van der Waals surface area contributed by atoms with Crippen molar-refractivity contribution in [1.29, 1.82) is 0 Å². The molecule has 2 rings (SSSR count). The molecule has 1 heterocycles. The average Bonchev–Trinajstić information content (AvgIpc) is 3.14. The van der Waals surface area contributed by atoms with Gasteiger partial charge in [-0.15, -0.1) is 11.3 Å². The summed E-state index contributed by atoms with van der Waals surface area (Å²) in [6, 6.07) is 8.70. The highest BCUT2D eigenvalue weighted by molar-refractivity contribution is 7.90. The second-order valence-corrected chi connectivity index (χ2v) is 9.24. The Morgan fingerprint density at radius 1 is 1.22 bits per heavy atom. The highest BCUT2D eigenvalue weighted by atomic mass is 32.2. The first kappa shape index (κ1) is 21.3. The highest BCUT2D eigenvalue weighted by Crippen LogP contribution is 2.24. The first-order valence-corrected chi connectivity index (χ1v) is 10.8. The van der Waals surface area contributed by atoms with E-state index in [1.165, 1.54) is 26.2 Å². The molecule has 0 saturated heterocycles. The summed E-state index contributed by atoms with van der Waals surface area (Å²) in [5, 5.41) is 4.85. The number of nitrogens with zero attached hydrogens (tertiary/aromatic N) is 2.